The molecule has 0 aliphatic carbocycles. The number of carboxylic acids is 1. The summed E-state index contributed by atoms with van der Waals surface area (Å²) in [5.41, 5.74) is -0.480. The first-order valence-electron chi connectivity index (χ1n) is 9.31. The number of aliphatic carboxylic acids is 1. The van der Waals surface area contributed by atoms with Crippen LogP contribution in [0.1, 0.15) is 38.2 Å². The predicted molar refractivity (Wildman–Crippen MR) is 100 cm³/mol. The van der Waals surface area contributed by atoms with Gasteiger partial charge in [0.1, 0.15) is 5.54 Å². The number of carbonyl (C=O) groups is 2. The van der Waals surface area contributed by atoms with E-state index in [-0.39, 0.29) is 18.2 Å². The number of sulfonamides is 1. The highest BCUT2D eigenvalue weighted by Gasteiger charge is 2.48. The Bertz CT molecular complexity index is 811. The van der Waals surface area contributed by atoms with Crippen molar-refractivity contribution in [1.82, 2.24) is 9.21 Å². The van der Waals surface area contributed by atoms with Crippen molar-refractivity contribution < 1.29 is 23.1 Å². The van der Waals surface area contributed by atoms with Gasteiger partial charge in [-0.3, -0.25) is 4.79 Å². The minimum Gasteiger partial charge on any atom is -0.480 e. The molecule has 3 rings (SSSR count). The van der Waals surface area contributed by atoms with Crippen molar-refractivity contribution in [3.63, 3.8) is 0 Å². The Balaban J connectivity index is 1.72. The van der Waals surface area contributed by atoms with E-state index in [1.54, 1.807) is 31.2 Å². The quantitative estimate of drug-likeness (QED) is 0.820. The molecule has 2 atom stereocenters. The summed E-state index contributed by atoms with van der Waals surface area (Å²) in [6, 6.07) is 8.97. The molecule has 1 aromatic rings. The van der Waals surface area contributed by atoms with Crippen molar-refractivity contribution in [2.75, 3.05) is 19.6 Å². The van der Waals surface area contributed by atoms with Gasteiger partial charge in [-0.15, -0.1) is 0 Å². The van der Waals surface area contributed by atoms with E-state index in [1.165, 1.54) is 9.21 Å². The van der Waals surface area contributed by atoms with Crippen LogP contribution in [0.4, 0.5) is 0 Å². The average Bonchev–Trinajstić information content (AvgIpc) is 3.05. The molecule has 0 spiro atoms. The van der Waals surface area contributed by atoms with Crippen LogP contribution in [0.3, 0.4) is 0 Å². The number of hydrogen-bond acceptors (Lipinski definition) is 4. The summed E-state index contributed by atoms with van der Waals surface area (Å²) in [7, 11) is -3.53. The number of benzene rings is 1. The Morgan fingerprint density at radius 1 is 1.19 bits per heavy atom. The molecule has 2 fully saturated rings. The lowest BCUT2D eigenvalue weighted by atomic mass is 9.94. The van der Waals surface area contributed by atoms with Gasteiger partial charge in [0, 0.05) is 19.6 Å². The summed E-state index contributed by atoms with van der Waals surface area (Å²) in [6.45, 7) is 2.51. The maximum Gasteiger partial charge on any atom is 0.329 e. The van der Waals surface area contributed by atoms with Crippen LogP contribution in [0.15, 0.2) is 30.3 Å². The number of rotatable bonds is 5. The number of hydrogen-bond donors (Lipinski definition) is 1. The van der Waals surface area contributed by atoms with Crippen LogP contribution in [-0.4, -0.2) is 59.8 Å². The number of amides is 1. The third-order valence-electron chi connectivity index (χ3n) is 5.69. The average molecular weight is 394 g/mol. The molecule has 1 amide bonds. The summed E-state index contributed by atoms with van der Waals surface area (Å²) in [5.74, 6) is -1.82. The molecule has 8 heteroatoms. The summed E-state index contributed by atoms with van der Waals surface area (Å²) in [6.07, 6.45) is 2.26. The van der Waals surface area contributed by atoms with E-state index in [0.29, 0.717) is 44.3 Å². The first kappa shape index (κ1) is 19.8. The number of nitrogens with zero attached hydrogens (tertiary/aromatic N) is 2. The molecule has 7 nitrogen and oxygen atoms in total. The topological polar surface area (TPSA) is 95.0 Å². The monoisotopic (exact) mass is 394 g/mol. The second-order valence-corrected chi connectivity index (χ2v) is 9.58. The first-order chi connectivity index (χ1) is 12.7. The number of likely N-dealkylation sites (tertiary alicyclic amines) is 1. The lowest BCUT2D eigenvalue weighted by Crippen LogP contribution is -2.55. The van der Waals surface area contributed by atoms with Crippen LogP contribution in [0.2, 0.25) is 0 Å². The van der Waals surface area contributed by atoms with Gasteiger partial charge in [-0.25, -0.2) is 17.5 Å². The standard InChI is InChI=1S/C19H26N2O5S/c1-19(18(23)24)10-6-12-21(19)17(22)16-9-5-11-20(13-16)27(25,26)14-15-7-3-2-4-8-15/h2-4,7-8,16H,5-6,9-14H2,1H3,(H,23,24). The Morgan fingerprint density at radius 3 is 2.56 bits per heavy atom. The van der Waals surface area contributed by atoms with Crippen molar-refractivity contribution in [2.45, 2.75) is 43.9 Å². The van der Waals surface area contributed by atoms with E-state index in [4.69, 9.17) is 0 Å². The smallest absolute Gasteiger partial charge is 0.329 e. The maximum atomic E-state index is 13.0. The maximum absolute atomic E-state index is 13.0. The third-order valence-corrected chi connectivity index (χ3v) is 7.50. The fourth-order valence-corrected chi connectivity index (χ4v) is 5.64. The predicted octanol–water partition coefficient (Wildman–Crippen LogP) is 1.69. The van der Waals surface area contributed by atoms with Gasteiger partial charge in [-0.05, 0) is 38.2 Å². The lowest BCUT2D eigenvalue weighted by Gasteiger charge is -2.37. The molecule has 1 aromatic carbocycles. The van der Waals surface area contributed by atoms with Crippen LogP contribution in [-0.2, 0) is 25.4 Å². The van der Waals surface area contributed by atoms with Crippen molar-refractivity contribution in [1.29, 1.82) is 0 Å². The Morgan fingerprint density at radius 2 is 1.89 bits per heavy atom. The second-order valence-electron chi connectivity index (χ2n) is 7.61. The molecule has 0 radical (unpaired) electrons. The van der Waals surface area contributed by atoms with Crippen molar-refractivity contribution >= 4 is 21.9 Å². The molecule has 27 heavy (non-hydrogen) atoms. The highest BCUT2D eigenvalue weighted by atomic mass is 32.2. The first-order valence-corrected chi connectivity index (χ1v) is 10.9. The lowest BCUT2D eigenvalue weighted by molar-refractivity contribution is -0.157. The van der Waals surface area contributed by atoms with Gasteiger partial charge in [0.15, 0.2) is 0 Å². The van der Waals surface area contributed by atoms with E-state index in [9.17, 15) is 23.1 Å². The van der Waals surface area contributed by atoms with Gasteiger partial charge < -0.3 is 10.0 Å². The normalized spacial score (nSPS) is 26.9. The molecular weight excluding hydrogens is 368 g/mol. The zero-order valence-corrected chi connectivity index (χ0v) is 16.3. The van der Waals surface area contributed by atoms with Crippen LogP contribution in [0.5, 0.6) is 0 Å². The van der Waals surface area contributed by atoms with Crippen molar-refractivity contribution in [2.24, 2.45) is 5.92 Å². The highest BCUT2D eigenvalue weighted by molar-refractivity contribution is 7.88. The summed E-state index contributed by atoms with van der Waals surface area (Å²) >= 11 is 0. The Hall–Kier alpha value is -1.93. The SMILES string of the molecule is CC1(C(=O)O)CCCN1C(=O)C1CCCN(S(=O)(=O)Cc2ccccc2)C1. The third kappa shape index (κ3) is 4.01. The van der Waals surface area contributed by atoms with Gasteiger partial charge in [0.05, 0.1) is 11.7 Å². The molecule has 0 bridgehead atoms. The minimum atomic E-state index is -3.53. The fraction of sp³-hybridized carbons (Fsp3) is 0.579. The van der Waals surface area contributed by atoms with Crippen LogP contribution >= 0.6 is 0 Å². The van der Waals surface area contributed by atoms with E-state index in [1.807, 2.05) is 6.07 Å². The summed E-state index contributed by atoms with van der Waals surface area (Å²) < 4.78 is 27.0. The molecule has 1 N–H and O–H groups in total. The van der Waals surface area contributed by atoms with Gasteiger partial charge in [0.25, 0.3) is 0 Å². The molecular formula is C19H26N2O5S. The van der Waals surface area contributed by atoms with Gasteiger partial charge >= 0.3 is 5.97 Å². The number of carbonyl (C=O) groups excluding carboxylic acids is 1. The van der Waals surface area contributed by atoms with Crippen LogP contribution in [0, 0.1) is 5.92 Å². The fourth-order valence-electron chi connectivity index (χ4n) is 4.03. The highest BCUT2D eigenvalue weighted by Crippen LogP contribution is 2.33. The van der Waals surface area contributed by atoms with Crippen molar-refractivity contribution in [3.05, 3.63) is 35.9 Å². The molecule has 2 unspecified atom stereocenters. The zero-order chi connectivity index (χ0) is 19.7. The molecule has 2 heterocycles. The molecule has 0 aromatic heterocycles. The largest absolute Gasteiger partial charge is 0.480 e. The number of carboxylic acid groups (broad SMARTS) is 1. The second kappa shape index (κ2) is 7.59. The van der Waals surface area contributed by atoms with E-state index >= 15 is 0 Å². The molecule has 2 saturated heterocycles. The number of piperidine rings is 1. The van der Waals surface area contributed by atoms with Gasteiger partial charge in [0.2, 0.25) is 15.9 Å². The van der Waals surface area contributed by atoms with Crippen molar-refractivity contribution in [3.8, 4) is 0 Å². The molecule has 148 valence electrons. The van der Waals surface area contributed by atoms with Gasteiger partial charge in [-0.1, -0.05) is 30.3 Å². The minimum absolute atomic E-state index is 0.0920. The molecule has 2 aliphatic rings. The zero-order valence-electron chi connectivity index (χ0n) is 15.5. The van der Waals surface area contributed by atoms with E-state index in [0.717, 1.165) is 0 Å². The Kier molecular flexibility index (Phi) is 5.58. The van der Waals surface area contributed by atoms with Crippen LogP contribution in [0.25, 0.3) is 0 Å². The van der Waals surface area contributed by atoms with Crippen LogP contribution < -0.4 is 0 Å². The van der Waals surface area contributed by atoms with Gasteiger partial charge in [-0.2, -0.15) is 0 Å². The molecule has 0 saturated carbocycles. The summed E-state index contributed by atoms with van der Waals surface area (Å²) in [5, 5.41) is 9.54. The molecule has 2 aliphatic heterocycles. The summed E-state index contributed by atoms with van der Waals surface area (Å²) in [4.78, 5) is 26.1. The van der Waals surface area contributed by atoms with E-state index in [2.05, 4.69) is 0 Å². The van der Waals surface area contributed by atoms with E-state index < -0.39 is 27.4 Å². The Labute approximate surface area is 160 Å².